The lowest BCUT2D eigenvalue weighted by molar-refractivity contribution is -0.133. The van der Waals surface area contributed by atoms with E-state index in [1.54, 1.807) is 48.7 Å². The van der Waals surface area contributed by atoms with Crippen LogP contribution >= 0.6 is 11.3 Å². The highest BCUT2D eigenvalue weighted by Crippen LogP contribution is 2.26. The predicted octanol–water partition coefficient (Wildman–Crippen LogP) is 5.87. The third-order valence-corrected chi connectivity index (χ3v) is 6.80. The van der Waals surface area contributed by atoms with Gasteiger partial charge in [0.25, 0.3) is 0 Å². The van der Waals surface area contributed by atoms with Gasteiger partial charge in [0.2, 0.25) is 5.91 Å². The Morgan fingerprint density at radius 3 is 2.22 bits per heavy atom. The molecule has 0 bridgehead atoms. The first-order valence-electron chi connectivity index (χ1n) is 12.0. The Hall–Kier alpha value is -3.52. The average Bonchev–Trinajstić information content (AvgIpc) is 3.41. The fourth-order valence-corrected chi connectivity index (χ4v) is 4.42. The summed E-state index contributed by atoms with van der Waals surface area (Å²) >= 11 is 1.62. The molecule has 1 unspecified atom stereocenters. The van der Waals surface area contributed by atoms with Gasteiger partial charge in [-0.2, -0.15) is 0 Å². The van der Waals surface area contributed by atoms with Gasteiger partial charge in [-0.1, -0.05) is 56.7 Å². The normalized spacial score (nSPS) is 11.4. The maximum atomic E-state index is 13.6. The molecule has 1 aromatic heterocycles. The number of hydrogen-bond donors (Lipinski definition) is 1. The van der Waals surface area contributed by atoms with Crippen LogP contribution < -0.4 is 14.8 Å². The summed E-state index contributed by atoms with van der Waals surface area (Å²) in [6.45, 7) is 5.57. The van der Waals surface area contributed by atoms with E-state index in [-0.39, 0.29) is 24.4 Å². The van der Waals surface area contributed by atoms with Crippen molar-refractivity contribution < 1.29 is 19.1 Å². The van der Waals surface area contributed by atoms with Crippen LogP contribution in [0.5, 0.6) is 11.5 Å². The summed E-state index contributed by atoms with van der Waals surface area (Å²) < 4.78 is 10.6. The first kappa shape index (κ1) is 27.1. The van der Waals surface area contributed by atoms with Crippen molar-refractivity contribution in [2.75, 3.05) is 32.6 Å². The largest absolute Gasteiger partial charge is 0.497 e. The first-order valence-corrected chi connectivity index (χ1v) is 12.9. The minimum Gasteiger partial charge on any atom is -0.497 e. The molecule has 0 aliphatic rings. The van der Waals surface area contributed by atoms with Gasteiger partial charge >= 0.3 is 6.03 Å². The molecule has 3 amide bonds. The number of hydrogen-bond acceptors (Lipinski definition) is 5. The van der Waals surface area contributed by atoms with E-state index in [2.05, 4.69) is 19.2 Å². The zero-order valence-electron chi connectivity index (χ0n) is 21.4. The molecule has 0 radical (unpaired) electrons. The molecule has 0 saturated carbocycles. The van der Waals surface area contributed by atoms with E-state index in [1.807, 2.05) is 52.7 Å². The van der Waals surface area contributed by atoms with Crippen LogP contribution in [0.2, 0.25) is 0 Å². The highest BCUT2D eigenvalue weighted by Gasteiger charge is 2.24. The summed E-state index contributed by atoms with van der Waals surface area (Å²) in [6, 6.07) is 18.8. The smallest absolute Gasteiger partial charge is 0.322 e. The topological polar surface area (TPSA) is 71.1 Å². The van der Waals surface area contributed by atoms with E-state index < -0.39 is 0 Å². The lowest BCUT2D eigenvalue weighted by Crippen LogP contribution is -2.45. The number of methoxy groups -OCH3 is 2. The molecular formula is C28H35N3O4S. The van der Waals surface area contributed by atoms with Crippen LogP contribution in [-0.2, 0) is 17.9 Å². The van der Waals surface area contributed by atoms with Gasteiger partial charge < -0.3 is 24.6 Å². The number of urea groups is 1. The lowest BCUT2D eigenvalue weighted by atomic mass is 10.1. The van der Waals surface area contributed by atoms with Crippen molar-refractivity contribution in [2.45, 2.75) is 33.4 Å². The molecule has 1 heterocycles. The number of benzene rings is 2. The molecule has 192 valence electrons. The average molecular weight is 510 g/mol. The van der Waals surface area contributed by atoms with E-state index >= 15 is 0 Å². The number of rotatable bonds is 12. The second-order valence-corrected chi connectivity index (χ2v) is 9.77. The van der Waals surface area contributed by atoms with Crippen LogP contribution in [0.15, 0.2) is 66.0 Å². The van der Waals surface area contributed by atoms with Crippen LogP contribution in [0.25, 0.3) is 0 Å². The zero-order valence-corrected chi connectivity index (χ0v) is 22.2. The first-order chi connectivity index (χ1) is 17.4. The van der Waals surface area contributed by atoms with Gasteiger partial charge in [-0.05, 0) is 22.9 Å². The van der Waals surface area contributed by atoms with Crippen molar-refractivity contribution in [2.24, 2.45) is 5.92 Å². The second-order valence-electron chi connectivity index (χ2n) is 8.74. The molecule has 1 N–H and O–H groups in total. The Bertz CT molecular complexity index is 1080. The summed E-state index contributed by atoms with van der Waals surface area (Å²) in [5.74, 6) is 1.27. The van der Waals surface area contributed by atoms with Gasteiger partial charge in [0.1, 0.15) is 18.0 Å². The maximum Gasteiger partial charge on any atom is 0.322 e. The van der Waals surface area contributed by atoms with E-state index in [0.29, 0.717) is 36.8 Å². The molecule has 3 aromatic rings. The summed E-state index contributed by atoms with van der Waals surface area (Å²) in [4.78, 5) is 31.4. The number of amides is 3. The van der Waals surface area contributed by atoms with Gasteiger partial charge in [-0.15, -0.1) is 11.3 Å². The molecule has 0 fully saturated rings. The van der Waals surface area contributed by atoms with Gasteiger partial charge in [0.05, 0.1) is 20.8 Å². The van der Waals surface area contributed by atoms with Gasteiger partial charge in [-0.25, -0.2) is 4.79 Å². The van der Waals surface area contributed by atoms with Crippen molar-refractivity contribution in [3.05, 3.63) is 76.5 Å². The standard InChI is InChI=1S/C28H35N3O4S/c1-5-21(2)17-31(28(33)29-23-14-24(34-3)16-25(15-23)35-4)20-27(32)30(19-26-12-9-13-36-26)18-22-10-7-6-8-11-22/h6-16,21H,5,17-20H2,1-4H3,(H,29,33). The molecule has 7 nitrogen and oxygen atoms in total. The van der Waals surface area contributed by atoms with Crippen LogP contribution in [-0.4, -0.2) is 49.0 Å². The van der Waals surface area contributed by atoms with Gasteiger partial charge in [0.15, 0.2) is 0 Å². The van der Waals surface area contributed by atoms with E-state index in [1.165, 1.54) is 0 Å². The van der Waals surface area contributed by atoms with Crippen LogP contribution in [0, 0.1) is 5.92 Å². The fourth-order valence-electron chi connectivity index (χ4n) is 3.70. The number of ether oxygens (including phenoxy) is 2. The minimum absolute atomic E-state index is 0.0184. The van der Waals surface area contributed by atoms with Crippen molar-refractivity contribution in [3.8, 4) is 11.5 Å². The van der Waals surface area contributed by atoms with Crippen LogP contribution in [0.4, 0.5) is 10.5 Å². The quantitative estimate of drug-likeness (QED) is 0.331. The molecule has 8 heteroatoms. The molecule has 0 aliphatic carbocycles. The fraction of sp³-hybridized carbons (Fsp3) is 0.357. The summed E-state index contributed by atoms with van der Waals surface area (Å²) in [5.41, 5.74) is 1.58. The third-order valence-electron chi connectivity index (χ3n) is 5.94. The van der Waals surface area contributed by atoms with Crippen molar-refractivity contribution in [1.29, 1.82) is 0 Å². The van der Waals surface area contributed by atoms with Gasteiger partial charge in [0, 0.05) is 41.9 Å². The SMILES string of the molecule is CCC(C)CN(CC(=O)N(Cc1ccccc1)Cc1cccs1)C(=O)Nc1cc(OC)cc(OC)c1. The Labute approximate surface area is 217 Å². The number of nitrogens with one attached hydrogen (secondary N) is 1. The monoisotopic (exact) mass is 509 g/mol. The molecule has 36 heavy (non-hydrogen) atoms. The van der Waals surface area contributed by atoms with Crippen molar-refractivity contribution in [1.82, 2.24) is 9.80 Å². The highest BCUT2D eigenvalue weighted by molar-refractivity contribution is 7.09. The number of thiophene rings is 1. The van der Waals surface area contributed by atoms with Crippen molar-refractivity contribution in [3.63, 3.8) is 0 Å². The molecular weight excluding hydrogens is 474 g/mol. The van der Waals surface area contributed by atoms with E-state index in [4.69, 9.17) is 9.47 Å². The molecule has 0 saturated heterocycles. The molecule has 0 aliphatic heterocycles. The Morgan fingerprint density at radius 2 is 1.64 bits per heavy atom. The predicted molar refractivity (Wildman–Crippen MR) is 145 cm³/mol. The number of carbonyl (C=O) groups is 2. The summed E-state index contributed by atoms with van der Waals surface area (Å²) in [5, 5.41) is 4.92. The molecule has 2 aromatic carbocycles. The number of carbonyl (C=O) groups excluding carboxylic acids is 2. The summed E-state index contributed by atoms with van der Waals surface area (Å²) in [6.07, 6.45) is 0.897. The van der Waals surface area contributed by atoms with Crippen LogP contribution in [0.3, 0.4) is 0 Å². The minimum atomic E-state index is -0.338. The Balaban J connectivity index is 1.79. The van der Waals surface area contributed by atoms with E-state index in [0.717, 1.165) is 16.9 Å². The Morgan fingerprint density at radius 1 is 0.944 bits per heavy atom. The number of nitrogens with zero attached hydrogens (tertiary/aromatic N) is 2. The van der Waals surface area contributed by atoms with Crippen LogP contribution in [0.1, 0.15) is 30.7 Å². The van der Waals surface area contributed by atoms with Crippen molar-refractivity contribution >= 4 is 29.0 Å². The lowest BCUT2D eigenvalue weighted by Gasteiger charge is -2.29. The second kappa shape index (κ2) is 13.5. The molecule has 1 atom stereocenters. The molecule has 0 spiro atoms. The van der Waals surface area contributed by atoms with Gasteiger partial charge in [-0.3, -0.25) is 4.79 Å². The summed E-state index contributed by atoms with van der Waals surface area (Å²) in [7, 11) is 3.12. The third kappa shape index (κ3) is 8.02. The van der Waals surface area contributed by atoms with E-state index in [9.17, 15) is 9.59 Å². The zero-order chi connectivity index (χ0) is 25.9. The highest BCUT2D eigenvalue weighted by atomic mass is 32.1. The maximum absolute atomic E-state index is 13.6. The Kier molecular flexibility index (Phi) is 10.2. The number of anilines is 1. The molecule has 3 rings (SSSR count).